The van der Waals surface area contributed by atoms with Gasteiger partial charge in [0.25, 0.3) is 0 Å². The van der Waals surface area contributed by atoms with E-state index in [1.165, 1.54) is 0 Å². The number of Topliss-reactive ketones (excluding diaryl/α,β-unsaturated/α-hetero) is 1. The molecule has 1 aliphatic carbocycles. The van der Waals surface area contributed by atoms with Crippen LogP contribution in [0.4, 0.5) is 0 Å². The summed E-state index contributed by atoms with van der Waals surface area (Å²) in [5.74, 6) is 0.394. The van der Waals surface area contributed by atoms with Crippen LogP contribution in [0.5, 0.6) is 0 Å². The van der Waals surface area contributed by atoms with E-state index in [0.29, 0.717) is 18.6 Å². The van der Waals surface area contributed by atoms with Crippen LogP contribution in [0.25, 0.3) is 0 Å². The molecule has 0 heterocycles. The van der Waals surface area contributed by atoms with Crippen LogP contribution in [0.2, 0.25) is 18.1 Å². The van der Waals surface area contributed by atoms with Crippen molar-refractivity contribution in [1.29, 1.82) is 0 Å². The lowest BCUT2D eigenvalue weighted by molar-refractivity contribution is -0.127. The average molecular weight is 256 g/mol. The average Bonchev–Trinajstić information content (AvgIpc) is 2.07. The molecule has 2 nitrogen and oxygen atoms in total. The molecule has 3 heteroatoms. The van der Waals surface area contributed by atoms with Crippen molar-refractivity contribution in [3.63, 3.8) is 0 Å². The molecule has 1 rings (SSSR count). The van der Waals surface area contributed by atoms with Crippen molar-refractivity contribution in [2.45, 2.75) is 78.1 Å². The molecule has 1 unspecified atom stereocenters. The Morgan fingerprint density at radius 3 is 2.24 bits per heavy atom. The van der Waals surface area contributed by atoms with Crippen molar-refractivity contribution < 1.29 is 9.22 Å². The van der Waals surface area contributed by atoms with Gasteiger partial charge in [-0.15, -0.1) is 0 Å². The first-order chi connectivity index (χ1) is 7.46. The molecule has 1 fully saturated rings. The van der Waals surface area contributed by atoms with E-state index in [4.69, 9.17) is 4.43 Å². The fourth-order valence-electron chi connectivity index (χ4n) is 2.14. The van der Waals surface area contributed by atoms with Crippen LogP contribution >= 0.6 is 0 Å². The minimum atomic E-state index is -1.71. The first kappa shape index (κ1) is 14.9. The summed E-state index contributed by atoms with van der Waals surface area (Å²) >= 11 is 0. The molecule has 0 saturated heterocycles. The summed E-state index contributed by atoms with van der Waals surface area (Å²) in [6.07, 6.45) is 2.52. The highest BCUT2D eigenvalue weighted by Crippen LogP contribution is 2.43. The highest BCUT2D eigenvalue weighted by molar-refractivity contribution is 6.74. The number of hydrogen-bond donors (Lipinski definition) is 0. The van der Waals surface area contributed by atoms with E-state index in [2.05, 4.69) is 47.7 Å². The Bertz CT molecular complexity index is 300. The maximum atomic E-state index is 11.5. The van der Waals surface area contributed by atoms with E-state index in [1.807, 2.05) is 0 Å². The molecule has 0 radical (unpaired) electrons. The third-order valence-corrected chi connectivity index (χ3v) is 8.94. The fourth-order valence-corrected chi connectivity index (χ4v) is 3.65. The Labute approximate surface area is 107 Å². The van der Waals surface area contributed by atoms with Crippen molar-refractivity contribution in [3.05, 3.63) is 0 Å². The summed E-state index contributed by atoms with van der Waals surface area (Å²) in [5, 5.41) is 0.241. The number of rotatable bonds is 2. The highest BCUT2D eigenvalue weighted by Gasteiger charge is 2.44. The Balaban J connectivity index is 2.78. The molecule has 0 aromatic carbocycles. The van der Waals surface area contributed by atoms with Gasteiger partial charge in [-0.25, -0.2) is 0 Å². The van der Waals surface area contributed by atoms with Crippen LogP contribution in [0.15, 0.2) is 0 Å². The Kier molecular flexibility index (Phi) is 3.95. The second-order valence-electron chi connectivity index (χ2n) is 7.61. The van der Waals surface area contributed by atoms with E-state index in [-0.39, 0.29) is 16.6 Å². The molecule has 0 bridgehead atoms. The van der Waals surface area contributed by atoms with E-state index in [9.17, 15) is 4.79 Å². The zero-order valence-electron chi connectivity index (χ0n) is 12.5. The monoisotopic (exact) mass is 256 g/mol. The third kappa shape index (κ3) is 3.41. The van der Waals surface area contributed by atoms with Crippen molar-refractivity contribution in [2.24, 2.45) is 5.41 Å². The zero-order chi connectivity index (χ0) is 13.5. The van der Waals surface area contributed by atoms with Gasteiger partial charge in [0.2, 0.25) is 0 Å². The summed E-state index contributed by atoms with van der Waals surface area (Å²) < 4.78 is 6.49. The predicted octanol–water partition coefficient (Wildman–Crippen LogP) is 4.16. The number of ketones is 1. The molecule has 0 aromatic heterocycles. The second-order valence-corrected chi connectivity index (χ2v) is 12.4. The molecule has 100 valence electrons. The van der Waals surface area contributed by atoms with Gasteiger partial charge >= 0.3 is 0 Å². The van der Waals surface area contributed by atoms with Gasteiger partial charge in [0.1, 0.15) is 5.78 Å². The lowest BCUT2D eigenvalue weighted by Gasteiger charge is -2.46. The molecule has 1 atom stereocenters. The van der Waals surface area contributed by atoms with Crippen LogP contribution in [-0.4, -0.2) is 20.2 Å². The minimum absolute atomic E-state index is 0.00481. The molecule has 0 aromatic rings. The first-order valence-electron chi connectivity index (χ1n) is 6.65. The van der Waals surface area contributed by atoms with Crippen LogP contribution < -0.4 is 0 Å². The smallest absolute Gasteiger partial charge is 0.192 e. The van der Waals surface area contributed by atoms with Crippen molar-refractivity contribution in [2.75, 3.05) is 0 Å². The number of carbonyl (C=O) groups is 1. The van der Waals surface area contributed by atoms with Gasteiger partial charge in [-0.05, 0) is 30.0 Å². The van der Waals surface area contributed by atoms with Crippen LogP contribution in [0.1, 0.15) is 53.9 Å². The van der Waals surface area contributed by atoms with E-state index in [1.54, 1.807) is 0 Å². The van der Waals surface area contributed by atoms with Gasteiger partial charge in [0.15, 0.2) is 8.32 Å². The third-order valence-electron chi connectivity index (χ3n) is 4.45. The van der Waals surface area contributed by atoms with Gasteiger partial charge in [-0.1, -0.05) is 34.6 Å². The van der Waals surface area contributed by atoms with Gasteiger partial charge in [0, 0.05) is 12.8 Å². The quantitative estimate of drug-likeness (QED) is 0.694. The molecule has 1 aliphatic rings. The minimum Gasteiger partial charge on any atom is -0.413 e. The van der Waals surface area contributed by atoms with Crippen LogP contribution in [0, 0.1) is 5.41 Å². The molecule has 0 N–H and O–H groups in total. The normalized spacial score (nSPS) is 26.1. The molecule has 0 spiro atoms. The molecule has 0 aliphatic heterocycles. The largest absolute Gasteiger partial charge is 0.413 e. The van der Waals surface area contributed by atoms with Crippen molar-refractivity contribution >= 4 is 14.1 Å². The summed E-state index contributed by atoms with van der Waals surface area (Å²) in [5.41, 5.74) is 0.00481. The van der Waals surface area contributed by atoms with Crippen LogP contribution in [0.3, 0.4) is 0 Å². The first-order valence-corrected chi connectivity index (χ1v) is 9.56. The van der Waals surface area contributed by atoms with Crippen LogP contribution in [-0.2, 0) is 9.22 Å². The van der Waals surface area contributed by atoms with E-state index < -0.39 is 8.32 Å². The van der Waals surface area contributed by atoms with E-state index >= 15 is 0 Å². The van der Waals surface area contributed by atoms with Crippen molar-refractivity contribution in [3.8, 4) is 0 Å². The topological polar surface area (TPSA) is 26.3 Å². The Hall–Kier alpha value is -0.153. The molecule has 17 heavy (non-hydrogen) atoms. The SMILES string of the molecule is CC1(C)CC(=O)CCC1O[Si](C)(C)C(C)(C)C. The van der Waals surface area contributed by atoms with Crippen molar-refractivity contribution in [1.82, 2.24) is 0 Å². The fraction of sp³-hybridized carbons (Fsp3) is 0.929. The van der Waals surface area contributed by atoms with Gasteiger partial charge in [-0.3, -0.25) is 4.79 Å². The lowest BCUT2D eigenvalue weighted by Crippen LogP contribution is -2.49. The van der Waals surface area contributed by atoms with Gasteiger partial charge in [-0.2, -0.15) is 0 Å². The maximum Gasteiger partial charge on any atom is 0.192 e. The highest BCUT2D eigenvalue weighted by atomic mass is 28.4. The summed E-state index contributed by atoms with van der Waals surface area (Å²) in [4.78, 5) is 11.5. The summed E-state index contributed by atoms with van der Waals surface area (Å²) in [6, 6.07) is 0. The van der Waals surface area contributed by atoms with Gasteiger partial charge < -0.3 is 4.43 Å². The molecular weight excluding hydrogens is 228 g/mol. The molecular formula is C14H28O2Si. The van der Waals surface area contributed by atoms with Gasteiger partial charge in [0.05, 0.1) is 6.10 Å². The number of hydrogen-bond acceptors (Lipinski definition) is 2. The standard InChI is InChI=1S/C14H28O2Si/c1-13(2,3)17(6,7)16-12-9-8-11(15)10-14(12,4)5/h12H,8-10H2,1-7H3. The molecule has 0 amide bonds. The zero-order valence-corrected chi connectivity index (χ0v) is 13.5. The predicted molar refractivity (Wildman–Crippen MR) is 74.7 cm³/mol. The second kappa shape index (κ2) is 4.50. The Morgan fingerprint density at radius 1 is 1.29 bits per heavy atom. The summed E-state index contributed by atoms with van der Waals surface area (Å²) in [6.45, 7) is 15.7. The number of carbonyl (C=O) groups excluding carboxylic acids is 1. The maximum absolute atomic E-state index is 11.5. The lowest BCUT2D eigenvalue weighted by atomic mass is 9.74. The summed E-state index contributed by atoms with van der Waals surface area (Å²) in [7, 11) is -1.71. The molecule has 1 saturated carbocycles. The van der Waals surface area contributed by atoms with E-state index in [0.717, 1.165) is 6.42 Å². The Morgan fingerprint density at radius 2 is 1.82 bits per heavy atom.